The first-order chi connectivity index (χ1) is 15.2. The molecule has 1 aliphatic heterocycles. The zero-order valence-corrected chi connectivity index (χ0v) is 17.9. The largest absolute Gasteiger partial charge is 0.327 e. The monoisotopic (exact) mass is 409 g/mol. The molecule has 1 aromatic heterocycles. The molecule has 4 aromatic rings. The summed E-state index contributed by atoms with van der Waals surface area (Å²) in [7, 11) is 0. The molecular formula is C27H27N3O. The summed E-state index contributed by atoms with van der Waals surface area (Å²) in [5.41, 5.74) is 5.73. The number of hydrogen-bond acceptors (Lipinski definition) is 2. The number of hydrogen-bond donors (Lipinski definition) is 0. The van der Waals surface area contributed by atoms with Gasteiger partial charge in [0, 0.05) is 31.1 Å². The second-order valence-electron chi connectivity index (χ2n) is 8.23. The van der Waals surface area contributed by atoms with Crippen molar-refractivity contribution in [1.82, 2.24) is 9.55 Å². The zero-order valence-electron chi connectivity index (χ0n) is 17.9. The molecule has 4 nitrogen and oxygen atoms in total. The van der Waals surface area contributed by atoms with Crippen LogP contribution in [0.4, 0.5) is 5.69 Å². The van der Waals surface area contributed by atoms with E-state index in [1.165, 1.54) is 11.1 Å². The molecule has 156 valence electrons. The third-order valence-electron chi connectivity index (χ3n) is 6.30. The fourth-order valence-corrected chi connectivity index (χ4v) is 4.71. The molecule has 2 heterocycles. The number of rotatable bonds is 6. The second kappa shape index (κ2) is 8.38. The van der Waals surface area contributed by atoms with Crippen LogP contribution < -0.4 is 4.90 Å². The smallest absolute Gasteiger partial charge is 0.227 e. The van der Waals surface area contributed by atoms with Gasteiger partial charge in [-0.1, -0.05) is 67.6 Å². The molecule has 1 aliphatic rings. The van der Waals surface area contributed by atoms with Gasteiger partial charge in [-0.3, -0.25) is 4.79 Å². The van der Waals surface area contributed by atoms with Gasteiger partial charge in [-0.05, 0) is 42.2 Å². The van der Waals surface area contributed by atoms with Crippen LogP contribution in [-0.4, -0.2) is 22.0 Å². The number of benzene rings is 3. The molecule has 0 spiro atoms. The van der Waals surface area contributed by atoms with Gasteiger partial charge in [0.2, 0.25) is 5.91 Å². The van der Waals surface area contributed by atoms with Crippen molar-refractivity contribution in [2.45, 2.75) is 38.6 Å². The van der Waals surface area contributed by atoms with Gasteiger partial charge < -0.3 is 9.47 Å². The lowest BCUT2D eigenvalue weighted by Crippen LogP contribution is -2.25. The number of aromatic nitrogens is 2. The van der Waals surface area contributed by atoms with E-state index in [0.29, 0.717) is 13.0 Å². The summed E-state index contributed by atoms with van der Waals surface area (Å²) in [6, 6.07) is 27.1. The highest BCUT2D eigenvalue weighted by Gasteiger charge is 2.35. The maximum Gasteiger partial charge on any atom is 0.227 e. The van der Waals surface area contributed by atoms with E-state index in [-0.39, 0.29) is 11.8 Å². The Morgan fingerprint density at radius 2 is 1.68 bits per heavy atom. The molecule has 4 heteroatoms. The molecule has 0 saturated carbocycles. The van der Waals surface area contributed by atoms with Gasteiger partial charge in [0.05, 0.1) is 11.0 Å². The van der Waals surface area contributed by atoms with Crippen molar-refractivity contribution >= 4 is 22.6 Å². The first kappa shape index (κ1) is 19.6. The first-order valence-electron chi connectivity index (χ1n) is 11.1. The number of para-hydroxylation sites is 3. The predicted octanol–water partition coefficient (Wildman–Crippen LogP) is 5.36. The van der Waals surface area contributed by atoms with Crippen LogP contribution in [-0.2, 0) is 24.2 Å². The van der Waals surface area contributed by atoms with Crippen LogP contribution in [0, 0.1) is 0 Å². The highest BCUT2D eigenvalue weighted by atomic mass is 16.2. The summed E-state index contributed by atoms with van der Waals surface area (Å²) < 4.78 is 2.33. The van der Waals surface area contributed by atoms with Crippen LogP contribution >= 0.6 is 0 Å². The lowest BCUT2D eigenvalue weighted by Gasteiger charge is -2.20. The van der Waals surface area contributed by atoms with E-state index < -0.39 is 0 Å². The topological polar surface area (TPSA) is 38.1 Å². The number of carbonyl (C=O) groups excluding carboxylic acids is 1. The quantitative estimate of drug-likeness (QED) is 0.430. The molecule has 31 heavy (non-hydrogen) atoms. The standard InChI is InChI=1S/C27H27N3O/c1-2-21-12-6-8-14-24(21)30-19-22(18-26(30)31)27-28-23-13-7-9-15-25(23)29(27)17-16-20-10-4-3-5-11-20/h3-15,22H,2,16-19H2,1H3. The second-order valence-corrected chi connectivity index (χ2v) is 8.23. The lowest BCUT2D eigenvalue weighted by atomic mass is 10.1. The maximum atomic E-state index is 13.0. The van der Waals surface area contributed by atoms with E-state index >= 15 is 0 Å². The van der Waals surface area contributed by atoms with Crippen molar-refractivity contribution in [3.05, 3.63) is 95.8 Å². The summed E-state index contributed by atoms with van der Waals surface area (Å²) in [5.74, 6) is 1.31. The van der Waals surface area contributed by atoms with Crippen molar-refractivity contribution in [2.24, 2.45) is 0 Å². The Labute approximate surface area is 183 Å². The molecule has 0 radical (unpaired) electrons. The minimum absolute atomic E-state index is 0.0978. The Morgan fingerprint density at radius 1 is 0.935 bits per heavy atom. The molecular weight excluding hydrogens is 382 g/mol. The molecule has 5 rings (SSSR count). The van der Waals surface area contributed by atoms with Gasteiger partial charge in [0.1, 0.15) is 5.82 Å². The van der Waals surface area contributed by atoms with Crippen LogP contribution in [0.3, 0.4) is 0 Å². The Bertz CT molecular complexity index is 1210. The molecule has 1 unspecified atom stereocenters. The first-order valence-corrected chi connectivity index (χ1v) is 11.1. The van der Waals surface area contributed by atoms with E-state index in [1.807, 2.05) is 23.1 Å². The van der Waals surface area contributed by atoms with Crippen LogP contribution in [0.2, 0.25) is 0 Å². The Morgan fingerprint density at radius 3 is 2.52 bits per heavy atom. The number of amides is 1. The highest BCUT2D eigenvalue weighted by Crippen LogP contribution is 2.34. The van der Waals surface area contributed by atoms with E-state index in [4.69, 9.17) is 4.98 Å². The molecule has 1 saturated heterocycles. The third-order valence-corrected chi connectivity index (χ3v) is 6.30. The average molecular weight is 410 g/mol. The molecule has 0 aliphatic carbocycles. The number of nitrogens with zero attached hydrogens (tertiary/aromatic N) is 3. The number of aryl methyl sites for hydroxylation is 3. The van der Waals surface area contributed by atoms with Crippen molar-refractivity contribution in [3.63, 3.8) is 0 Å². The summed E-state index contributed by atoms with van der Waals surface area (Å²) in [6.45, 7) is 3.68. The normalized spacial score (nSPS) is 16.4. The van der Waals surface area contributed by atoms with Crippen molar-refractivity contribution in [3.8, 4) is 0 Å². The Balaban J connectivity index is 1.48. The fraction of sp³-hybridized carbons (Fsp3) is 0.259. The van der Waals surface area contributed by atoms with E-state index in [0.717, 1.165) is 41.9 Å². The number of anilines is 1. The third kappa shape index (κ3) is 3.74. The Hall–Kier alpha value is -3.40. The lowest BCUT2D eigenvalue weighted by molar-refractivity contribution is -0.117. The van der Waals surface area contributed by atoms with Crippen LogP contribution in [0.15, 0.2) is 78.9 Å². The summed E-state index contributed by atoms with van der Waals surface area (Å²) >= 11 is 0. The van der Waals surface area contributed by atoms with Gasteiger partial charge in [-0.25, -0.2) is 4.98 Å². The van der Waals surface area contributed by atoms with Crippen molar-refractivity contribution in [2.75, 3.05) is 11.4 Å². The highest BCUT2D eigenvalue weighted by molar-refractivity contribution is 5.97. The van der Waals surface area contributed by atoms with Gasteiger partial charge in [-0.15, -0.1) is 0 Å². The van der Waals surface area contributed by atoms with E-state index in [9.17, 15) is 4.79 Å². The molecule has 1 atom stereocenters. The summed E-state index contributed by atoms with van der Waals surface area (Å²) in [6.07, 6.45) is 2.37. The molecule has 0 bridgehead atoms. The predicted molar refractivity (Wildman–Crippen MR) is 125 cm³/mol. The van der Waals surface area contributed by atoms with Gasteiger partial charge >= 0.3 is 0 Å². The van der Waals surface area contributed by atoms with Gasteiger partial charge in [-0.2, -0.15) is 0 Å². The molecule has 1 amide bonds. The molecule has 0 N–H and O–H groups in total. The van der Waals surface area contributed by atoms with Gasteiger partial charge in [0.15, 0.2) is 0 Å². The Kier molecular flexibility index (Phi) is 5.29. The average Bonchev–Trinajstić information content (AvgIpc) is 3.38. The molecule has 1 fully saturated rings. The number of carbonyl (C=O) groups is 1. The van der Waals surface area contributed by atoms with E-state index in [1.54, 1.807) is 0 Å². The van der Waals surface area contributed by atoms with Crippen LogP contribution in [0.1, 0.15) is 36.2 Å². The van der Waals surface area contributed by atoms with Crippen molar-refractivity contribution < 1.29 is 4.79 Å². The summed E-state index contributed by atoms with van der Waals surface area (Å²) in [5, 5.41) is 0. The molecule has 3 aromatic carbocycles. The van der Waals surface area contributed by atoms with Crippen LogP contribution in [0.25, 0.3) is 11.0 Å². The van der Waals surface area contributed by atoms with Crippen LogP contribution in [0.5, 0.6) is 0 Å². The zero-order chi connectivity index (χ0) is 21.2. The SMILES string of the molecule is CCc1ccccc1N1CC(c2nc3ccccc3n2CCc2ccccc2)CC1=O. The van der Waals surface area contributed by atoms with Crippen molar-refractivity contribution in [1.29, 1.82) is 0 Å². The number of imidazole rings is 1. The maximum absolute atomic E-state index is 13.0. The van der Waals surface area contributed by atoms with Gasteiger partial charge in [0.25, 0.3) is 0 Å². The summed E-state index contributed by atoms with van der Waals surface area (Å²) in [4.78, 5) is 20.0. The van der Waals surface area contributed by atoms with E-state index in [2.05, 4.69) is 72.2 Å². The minimum atomic E-state index is 0.0978. The number of fused-ring (bicyclic) bond motifs is 1. The fourth-order valence-electron chi connectivity index (χ4n) is 4.71. The minimum Gasteiger partial charge on any atom is -0.327 e.